The number of rotatable bonds is 4. The molecule has 0 unspecified atom stereocenters. The maximum atomic E-state index is 12.0. The standard InChI is InChI=1S/C17H25N3O/c1-19-11-8-14(9-12-19)13-18-15-5-2-3-6-16(15)20-10-4-7-17(20)21/h2-3,5-6,14,18H,4,7-13H2,1H3. The highest BCUT2D eigenvalue weighted by molar-refractivity contribution is 5.98. The maximum Gasteiger partial charge on any atom is 0.227 e. The van der Waals surface area contributed by atoms with Crippen molar-refractivity contribution in [2.75, 3.05) is 43.4 Å². The van der Waals surface area contributed by atoms with Crippen LogP contribution in [0.15, 0.2) is 24.3 Å². The van der Waals surface area contributed by atoms with Gasteiger partial charge in [-0.25, -0.2) is 0 Å². The van der Waals surface area contributed by atoms with Gasteiger partial charge in [-0.05, 0) is 57.5 Å². The van der Waals surface area contributed by atoms with E-state index in [0.717, 1.165) is 36.8 Å². The van der Waals surface area contributed by atoms with Gasteiger partial charge in [-0.3, -0.25) is 4.79 Å². The zero-order valence-corrected chi connectivity index (χ0v) is 12.8. The first-order valence-electron chi connectivity index (χ1n) is 8.06. The van der Waals surface area contributed by atoms with Crippen LogP contribution in [-0.2, 0) is 4.79 Å². The number of amides is 1. The highest BCUT2D eigenvalue weighted by Gasteiger charge is 2.24. The minimum Gasteiger partial charge on any atom is -0.383 e. The van der Waals surface area contributed by atoms with Crippen LogP contribution in [-0.4, -0.2) is 44.0 Å². The number of para-hydroxylation sites is 2. The number of hydrogen-bond acceptors (Lipinski definition) is 3. The molecule has 1 aromatic rings. The van der Waals surface area contributed by atoms with E-state index in [9.17, 15) is 4.79 Å². The van der Waals surface area contributed by atoms with Gasteiger partial charge in [0.2, 0.25) is 5.91 Å². The number of piperidine rings is 1. The summed E-state index contributed by atoms with van der Waals surface area (Å²) >= 11 is 0. The van der Waals surface area contributed by atoms with Gasteiger partial charge in [0.15, 0.2) is 0 Å². The molecule has 0 atom stereocenters. The molecule has 0 spiro atoms. The van der Waals surface area contributed by atoms with Gasteiger partial charge in [0.25, 0.3) is 0 Å². The average Bonchev–Trinajstić information content (AvgIpc) is 2.93. The van der Waals surface area contributed by atoms with Gasteiger partial charge in [0, 0.05) is 19.5 Å². The van der Waals surface area contributed by atoms with Crippen molar-refractivity contribution >= 4 is 17.3 Å². The Labute approximate surface area is 127 Å². The van der Waals surface area contributed by atoms with Crippen LogP contribution >= 0.6 is 0 Å². The van der Waals surface area contributed by atoms with E-state index in [-0.39, 0.29) is 5.91 Å². The quantitative estimate of drug-likeness (QED) is 0.924. The summed E-state index contributed by atoms with van der Waals surface area (Å²) in [4.78, 5) is 16.3. The summed E-state index contributed by atoms with van der Waals surface area (Å²) in [5.41, 5.74) is 2.15. The van der Waals surface area contributed by atoms with E-state index in [1.54, 1.807) is 0 Å². The maximum absolute atomic E-state index is 12.0. The molecule has 4 nitrogen and oxygen atoms in total. The Bertz CT molecular complexity index is 495. The van der Waals surface area contributed by atoms with Gasteiger partial charge in [-0.2, -0.15) is 0 Å². The predicted molar refractivity (Wildman–Crippen MR) is 86.7 cm³/mol. The van der Waals surface area contributed by atoms with Crippen LogP contribution in [0, 0.1) is 5.92 Å². The summed E-state index contributed by atoms with van der Waals surface area (Å²) in [6.07, 6.45) is 4.17. The molecule has 2 aliphatic rings. The number of carbonyl (C=O) groups excluding carboxylic acids is 1. The van der Waals surface area contributed by atoms with Crippen LogP contribution in [0.4, 0.5) is 11.4 Å². The average molecular weight is 287 g/mol. The van der Waals surface area contributed by atoms with E-state index in [4.69, 9.17) is 0 Å². The second-order valence-corrected chi connectivity index (χ2v) is 6.29. The molecule has 1 aromatic carbocycles. The third kappa shape index (κ3) is 3.38. The summed E-state index contributed by atoms with van der Waals surface area (Å²) < 4.78 is 0. The lowest BCUT2D eigenvalue weighted by molar-refractivity contribution is -0.117. The van der Waals surface area contributed by atoms with Crippen molar-refractivity contribution in [3.8, 4) is 0 Å². The number of anilines is 2. The normalized spacial score (nSPS) is 21.0. The molecular formula is C17H25N3O. The third-order valence-corrected chi connectivity index (χ3v) is 4.69. The van der Waals surface area contributed by atoms with Gasteiger partial charge in [-0.15, -0.1) is 0 Å². The number of benzene rings is 1. The molecule has 2 saturated heterocycles. The Morgan fingerprint density at radius 3 is 2.67 bits per heavy atom. The topological polar surface area (TPSA) is 35.6 Å². The van der Waals surface area contributed by atoms with Crippen LogP contribution < -0.4 is 10.2 Å². The number of nitrogens with zero attached hydrogens (tertiary/aromatic N) is 2. The Balaban J connectivity index is 1.64. The minimum absolute atomic E-state index is 0.253. The SMILES string of the molecule is CN1CCC(CNc2ccccc2N2CCCC2=O)CC1. The minimum atomic E-state index is 0.253. The van der Waals surface area contributed by atoms with Gasteiger partial charge in [-0.1, -0.05) is 12.1 Å². The highest BCUT2D eigenvalue weighted by Crippen LogP contribution is 2.30. The lowest BCUT2D eigenvalue weighted by atomic mass is 9.97. The zero-order valence-electron chi connectivity index (χ0n) is 12.8. The van der Waals surface area contributed by atoms with E-state index in [1.807, 2.05) is 17.0 Å². The fourth-order valence-corrected chi connectivity index (χ4v) is 3.28. The first-order chi connectivity index (χ1) is 10.2. The number of likely N-dealkylation sites (tertiary alicyclic amines) is 1. The first kappa shape index (κ1) is 14.4. The Hall–Kier alpha value is -1.55. The molecule has 2 fully saturated rings. The van der Waals surface area contributed by atoms with E-state index in [1.165, 1.54) is 25.9 Å². The summed E-state index contributed by atoms with van der Waals surface area (Å²) in [6.45, 7) is 4.25. The molecule has 2 heterocycles. The molecular weight excluding hydrogens is 262 g/mol. The van der Waals surface area contributed by atoms with Gasteiger partial charge in [0.05, 0.1) is 11.4 Å². The lowest BCUT2D eigenvalue weighted by Gasteiger charge is -2.30. The van der Waals surface area contributed by atoms with Crippen molar-refractivity contribution in [2.24, 2.45) is 5.92 Å². The second kappa shape index (κ2) is 6.48. The molecule has 0 radical (unpaired) electrons. The fraction of sp³-hybridized carbons (Fsp3) is 0.588. The monoisotopic (exact) mass is 287 g/mol. The van der Waals surface area contributed by atoms with Gasteiger partial charge < -0.3 is 15.1 Å². The van der Waals surface area contributed by atoms with E-state index in [2.05, 4.69) is 29.4 Å². The second-order valence-electron chi connectivity index (χ2n) is 6.29. The molecule has 3 rings (SSSR count). The number of carbonyl (C=O) groups is 1. The molecule has 0 saturated carbocycles. The van der Waals surface area contributed by atoms with Crippen molar-refractivity contribution in [3.63, 3.8) is 0 Å². The Morgan fingerprint density at radius 1 is 1.19 bits per heavy atom. The van der Waals surface area contributed by atoms with E-state index >= 15 is 0 Å². The summed E-state index contributed by atoms with van der Waals surface area (Å²) in [6, 6.07) is 8.21. The smallest absolute Gasteiger partial charge is 0.227 e. The Morgan fingerprint density at radius 2 is 1.95 bits per heavy atom. The molecule has 2 aliphatic heterocycles. The van der Waals surface area contributed by atoms with Crippen molar-refractivity contribution in [2.45, 2.75) is 25.7 Å². The van der Waals surface area contributed by atoms with Crippen LogP contribution in [0.1, 0.15) is 25.7 Å². The van der Waals surface area contributed by atoms with Crippen LogP contribution in [0.25, 0.3) is 0 Å². The zero-order chi connectivity index (χ0) is 14.7. The summed E-state index contributed by atoms with van der Waals surface area (Å²) in [5.74, 6) is 0.993. The summed E-state index contributed by atoms with van der Waals surface area (Å²) in [5, 5.41) is 3.58. The predicted octanol–water partition coefficient (Wildman–Crippen LogP) is 2.57. The van der Waals surface area contributed by atoms with Crippen molar-refractivity contribution in [1.29, 1.82) is 0 Å². The van der Waals surface area contributed by atoms with E-state index in [0.29, 0.717) is 6.42 Å². The van der Waals surface area contributed by atoms with Crippen LogP contribution in [0.5, 0.6) is 0 Å². The number of nitrogens with one attached hydrogen (secondary N) is 1. The molecule has 4 heteroatoms. The molecule has 1 N–H and O–H groups in total. The van der Waals surface area contributed by atoms with Crippen molar-refractivity contribution < 1.29 is 4.79 Å². The third-order valence-electron chi connectivity index (χ3n) is 4.69. The van der Waals surface area contributed by atoms with Crippen molar-refractivity contribution in [1.82, 2.24) is 4.90 Å². The summed E-state index contributed by atoms with van der Waals surface area (Å²) in [7, 11) is 2.19. The van der Waals surface area contributed by atoms with Gasteiger partial charge >= 0.3 is 0 Å². The molecule has 1 amide bonds. The van der Waals surface area contributed by atoms with Gasteiger partial charge in [0.1, 0.15) is 0 Å². The van der Waals surface area contributed by atoms with Crippen LogP contribution in [0.3, 0.4) is 0 Å². The molecule has 114 valence electrons. The molecule has 0 bridgehead atoms. The Kier molecular flexibility index (Phi) is 4.44. The lowest BCUT2D eigenvalue weighted by Crippen LogP contribution is -2.33. The van der Waals surface area contributed by atoms with Crippen molar-refractivity contribution in [3.05, 3.63) is 24.3 Å². The number of hydrogen-bond donors (Lipinski definition) is 1. The fourth-order valence-electron chi connectivity index (χ4n) is 3.28. The van der Waals surface area contributed by atoms with E-state index < -0.39 is 0 Å². The molecule has 0 aliphatic carbocycles. The first-order valence-corrected chi connectivity index (χ1v) is 8.06. The highest BCUT2D eigenvalue weighted by atomic mass is 16.2. The molecule has 21 heavy (non-hydrogen) atoms. The largest absolute Gasteiger partial charge is 0.383 e. The van der Waals surface area contributed by atoms with Crippen LogP contribution in [0.2, 0.25) is 0 Å². The molecule has 0 aromatic heterocycles.